The van der Waals surface area contributed by atoms with Crippen molar-refractivity contribution in [2.75, 3.05) is 0 Å². The van der Waals surface area contributed by atoms with Gasteiger partial charge in [0.15, 0.2) is 0 Å². The lowest BCUT2D eigenvalue weighted by molar-refractivity contribution is -0.384. The average Bonchev–Trinajstić information content (AvgIpc) is 2.25. The lowest BCUT2D eigenvalue weighted by Gasteiger charge is -2.01. The highest BCUT2D eigenvalue weighted by molar-refractivity contribution is 6.15. The van der Waals surface area contributed by atoms with Crippen LogP contribution in [-0.2, 0) is 4.79 Å². The number of nitro benzene ring substituents is 1. The second-order valence-corrected chi connectivity index (χ2v) is 3.14. The van der Waals surface area contributed by atoms with E-state index in [0.29, 0.717) is 12.0 Å². The zero-order valence-corrected chi connectivity index (χ0v) is 8.71. The molecule has 0 amide bonds. The van der Waals surface area contributed by atoms with Gasteiger partial charge in [-0.1, -0.05) is 13.0 Å². The molecule has 1 aromatic rings. The summed E-state index contributed by atoms with van der Waals surface area (Å²) in [4.78, 5) is 20.8. The van der Waals surface area contributed by atoms with Crippen LogP contribution in [0.2, 0.25) is 0 Å². The van der Waals surface area contributed by atoms with Crippen LogP contribution in [0, 0.1) is 10.1 Å². The molecule has 0 saturated heterocycles. The van der Waals surface area contributed by atoms with Crippen molar-refractivity contribution in [2.45, 2.75) is 13.3 Å². The number of non-ortho nitro benzene ring substituents is 1. The van der Waals surface area contributed by atoms with Crippen molar-refractivity contribution in [1.82, 2.24) is 0 Å². The maximum absolute atomic E-state index is 10.9. The first-order valence-corrected chi connectivity index (χ1v) is 4.74. The Bertz CT molecular complexity index is 434. The van der Waals surface area contributed by atoms with Crippen LogP contribution in [0.25, 0.3) is 5.57 Å². The smallest absolute Gasteiger partial charge is 0.335 e. The number of benzene rings is 1. The number of carboxylic acids is 1. The number of hydrogen-bond acceptors (Lipinski definition) is 3. The molecule has 0 radical (unpaired) electrons. The van der Waals surface area contributed by atoms with Gasteiger partial charge in [-0.25, -0.2) is 4.79 Å². The van der Waals surface area contributed by atoms with Crippen molar-refractivity contribution < 1.29 is 14.8 Å². The molecule has 5 nitrogen and oxygen atoms in total. The molecule has 1 rings (SSSR count). The predicted octanol–water partition coefficient (Wildman–Crippen LogP) is 2.47. The Morgan fingerprint density at radius 2 is 2.00 bits per heavy atom. The Hall–Kier alpha value is -2.17. The summed E-state index contributed by atoms with van der Waals surface area (Å²) >= 11 is 0. The lowest BCUT2D eigenvalue weighted by atomic mass is 10.0. The summed E-state index contributed by atoms with van der Waals surface area (Å²) in [5.41, 5.74) is 0.585. The molecule has 0 fully saturated rings. The maximum atomic E-state index is 10.9. The molecule has 0 atom stereocenters. The minimum Gasteiger partial charge on any atom is -0.478 e. The van der Waals surface area contributed by atoms with Gasteiger partial charge in [0.05, 0.1) is 10.5 Å². The summed E-state index contributed by atoms with van der Waals surface area (Å²) in [6, 6.07) is 5.46. The minimum atomic E-state index is -1.03. The molecule has 0 heterocycles. The fraction of sp³-hybridized carbons (Fsp3) is 0.182. The van der Waals surface area contributed by atoms with Crippen molar-refractivity contribution in [3.8, 4) is 0 Å². The molecule has 0 aliphatic heterocycles. The third kappa shape index (κ3) is 2.66. The van der Waals surface area contributed by atoms with Crippen molar-refractivity contribution in [3.05, 3.63) is 46.0 Å². The third-order valence-electron chi connectivity index (χ3n) is 2.03. The van der Waals surface area contributed by atoms with E-state index in [1.54, 1.807) is 6.08 Å². The van der Waals surface area contributed by atoms with E-state index in [9.17, 15) is 14.9 Å². The Morgan fingerprint density at radius 3 is 2.38 bits per heavy atom. The Kier molecular flexibility index (Phi) is 3.77. The molecule has 1 N–H and O–H groups in total. The minimum absolute atomic E-state index is 0.0509. The molecule has 0 aromatic heterocycles. The summed E-state index contributed by atoms with van der Waals surface area (Å²) in [6.07, 6.45) is 2.17. The Morgan fingerprint density at radius 1 is 1.44 bits per heavy atom. The summed E-state index contributed by atoms with van der Waals surface area (Å²) in [6.45, 7) is 1.83. The largest absolute Gasteiger partial charge is 0.478 e. The van der Waals surface area contributed by atoms with Gasteiger partial charge in [0.25, 0.3) is 5.69 Å². The summed E-state index contributed by atoms with van der Waals surface area (Å²) in [5.74, 6) is -1.03. The Labute approximate surface area is 92.2 Å². The van der Waals surface area contributed by atoms with Crippen molar-refractivity contribution >= 4 is 17.2 Å². The lowest BCUT2D eigenvalue weighted by Crippen LogP contribution is -1.99. The summed E-state index contributed by atoms with van der Waals surface area (Å²) < 4.78 is 0. The molecule has 0 aliphatic rings. The Balaban J connectivity index is 3.09. The van der Waals surface area contributed by atoms with Crippen LogP contribution >= 0.6 is 0 Å². The van der Waals surface area contributed by atoms with Crippen LogP contribution in [0.5, 0.6) is 0 Å². The quantitative estimate of drug-likeness (QED) is 0.481. The number of rotatable bonds is 4. The molecule has 0 spiro atoms. The summed E-state index contributed by atoms with van der Waals surface area (Å²) in [7, 11) is 0. The fourth-order valence-corrected chi connectivity index (χ4v) is 1.30. The van der Waals surface area contributed by atoms with Crippen LogP contribution in [0.1, 0.15) is 18.9 Å². The number of nitrogens with zero attached hydrogens (tertiary/aromatic N) is 1. The highest BCUT2D eigenvalue weighted by Crippen LogP contribution is 2.19. The maximum Gasteiger partial charge on any atom is 0.335 e. The normalized spacial score (nSPS) is 11.2. The first-order chi connectivity index (χ1) is 7.56. The molecular weight excluding hydrogens is 210 g/mol. The molecule has 16 heavy (non-hydrogen) atoms. The zero-order valence-electron chi connectivity index (χ0n) is 8.71. The first kappa shape index (κ1) is 11.9. The number of aliphatic carboxylic acids is 1. The summed E-state index contributed by atoms with van der Waals surface area (Å²) in [5, 5.41) is 19.4. The van der Waals surface area contributed by atoms with Crippen LogP contribution < -0.4 is 0 Å². The SMILES string of the molecule is CC/C=C(\C(=O)O)c1ccc([N+](=O)[O-])cc1. The highest BCUT2D eigenvalue weighted by Gasteiger charge is 2.11. The molecule has 84 valence electrons. The van der Waals surface area contributed by atoms with Gasteiger partial charge >= 0.3 is 5.97 Å². The molecule has 5 heteroatoms. The van der Waals surface area contributed by atoms with Gasteiger partial charge in [0.2, 0.25) is 0 Å². The molecule has 1 aromatic carbocycles. The molecule has 0 bridgehead atoms. The predicted molar refractivity (Wildman–Crippen MR) is 59.0 cm³/mol. The highest BCUT2D eigenvalue weighted by atomic mass is 16.6. The number of allylic oxidation sites excluding steroid dienone is 1. The van der Waals surface area contributed by atoms with E-state index in [2.05, 4.69) is 0 Å². The van der Waals surface area contributed by atoms with Crippen molar-refractivity contribution in [3.63, 3.8) is 0 Å². The van der Waals surface area contributed by atoms with E-state index in [1.165, 1.54) is 24.3 Å². The van der Waals surface area contributed by atoms with Crippen molar-refractivity contribution in [1.29, 1.82) is 0 Å². The van der Waals surface area contributed by atoms with E-state index < -0.39 is 10.9 Å². The number of nitro groups is 1. The zero-order chi connectivity index (χ0) is 12.1. The third-order valence-corrected chi connectivity index (χ3v) is 2.03. The van der Waals surface area contributed by atoms with E-state index in [1.807, 2.05) is 6.92 Å². The standard InChI is InChI=1S/C11H11NO4/c1-2-3-10(11(13)14)8-4-6-9(7-5-8)12(15)16/h3-7H,2H2,1H3,(H,13,14)/b10-3-. The van der Waals surface area contributed by atoms with Crippen LogP contribution in [0.4, 0.5) is 5.69 Å². The van der Waals surface area contributed by atoms with Gasteiger partial charge in [0.1, 0.15) is 0 Å². The van der Waals surface area contributed by atoms with Crippen molar-refractivity contribution in [2.24, 2.45) is 0 Å². The van der Waals surface area contributed by atoms with Crippen LogP contribution in [0.3, 0.4) is 0 Å². The van der Waals surface area contributed by atoms with Gasteiger partial charge in [-0.05, 0) is 24.1 Å². The second kappa shape index (κ2) is 5.06. The van der Waals surface area contributed by atoms with Crippen LogP contribution in [0.15, 0.2) is 30.3 Å². The average molecular weight is 221 g/mol. The van der Waals surface area contributed by atoms with E-state index >= 15 is 0 Å². The van der Waals surface area contributed by atoms with Gasteiger partial charge in [-0.2, -0.15) is 0 Å². The molecule has 0 saturated carbocycles. The van der Waals surface area contributed by atoms with Gasteiger partial charge in [0, 0.05) is 12.1 Å². The topological polar surface area (TPSA) is 80.4 Å². The second-order valence-electron chi connectivity index (χ2n) is 3.14. The first-order valence-electron chi connectivity index (χ1n) is 4.74. The molecule has 0 aliphatic carbocycles. The molecule has 0 unspecified atom stereocenters. The van der Waals surface area contributed by atoms with Gasteiger partial charge in [-0.3, -0.25) is 10.1 Å². The fourth-order valence-electron chi connectivity index (χ4n) is 1.30. The monoisotopic (exact) mass is 221 g/mol. The molecular formula is C11H11NO4. The van der Waals surface area contributed by atoms with Gasteiger partial charge < -0.3 is 5.11 Å². The van der Waals surface area contributed by atoms with E-state index in [-0.39, 0.29) is 11.3 Å². The van der Waals surface area contributed by atoms with E-state index in [0.717, 1.165) is 0 Å². The number of carboxylic acid groups (broad SMARTS) is 1. The van der Waals surface area contributed by atoms with E-state index in [4.69, 9.17) is 5.11 Å². The van der Waals surface area contributed by atoms with Crippen LogP contribution in [-0.4, -0.2) is 16.0 Å². The number of carbonyl (C=O) groups is 1. The van der Waals surface area contributed by atoms with Gasteiger partial charge in [-0.15, -0.1) is 0 Å². The number of hydrogen-bond donors (Lipinski definition) is 1.